The van der Waals surface area contributed by atoms with Crippen LogP contribution in [0.5, 0.6) is 0 Å². The number of methoxy groups -OCH3 is 1. The summed E-state index contributed by atoms with van der Waals surface area (Å²) in [7, 11) is 1.36. The average Bonchev–Trinajstić information content (AvgIpc) is 2.59. The molecule has 4 heteroatoms. The van der Waals surface area contributed by atoms with E-state index in [2.05, 4.69) is 44.6 Å². The molecule has 0 atom stereocenters. The van der Waals surface area contributed by atoms with Crippen molar-refractivity contribution in [1.29, 1.82) is 0 Å². The highest BCUT2D eigenvalue weighted by Gasteiger charge is 2.13. The molecule has 0 aliphatic rings. The highest BCUT2D eigenvalue weighted by molar-refractivity contribution is 5.92. The van der Waals surface area contributed by atoms with E-state index in [4.69, 9.17) is 0 Å². The van der Waals surface area contributed by atoms with Crippen molar-refractivity contribution in [2.45, 2.75) is 46.5 Å². The van der Waals surface area contributed by atoms with Crippen molar-refractivity contribution in [2.24, 2.45) is 5.92 Å². The number of carbonyl (C=O) groups is 2. The maximum absolute atomic E-state index is 12.5. The summed E-state index contributed by atoms with van der Waals surface area (Å²) < 4.78 is 4.67. The van der Waals surface area contributed by atoms with Crippen molar-refractivity contribution in [3.63, 3.8) is 0 Å². The van der Waals surface area contributed by atoms with Gasteiger partial charge in [-0.1, -0.05) is 52.0 Å². The SMILES string of the molecule is COC(=O)CCN(CCC(C)C)C(=O)/C=C/c1ccc(C(C)C)cc1. The summed E-state index contributed by atoms with van der Waals surface area (Å²) in [6.07, 6.45) is 4.54. The van der Waals surface area contributed by atoms with Crippen molar-refractivity contribution in [2.75, 3.05) is 20.2 Å². The molecule has 0 fully saturated rings. The van der Waals surface area contributed by atoms with E-state index in [1.807, 2.05) is 18.2 Å². The van der Waals surface area contributed by atoms with Crippen molar-refractivity contribution >= 4 is 18.0 Å². The zero-order valence-electron chi connectivity index (χ0n) is 16.1. The molecule has 1 amide bonds. The predicted molar refractivity (Wildman–Crippen MR) is 102 cm³/mol. The van der Waals surface area contributed by atoms with Gasteiger partial charge in [-0.15, -0.1) is 0 Å². The first-order valence-corrected chi connectivity index (χ1v) is 8.97. The molecule has 0 aliphatic heterocycles. The highest BCUT2D eigenvalue weighted by Crippen LogP contribution is 2.15. The fourth-order valence-corrected chi connectivity index (χ4v) is 2.34. The van der Waals surface area contributed by atoms with Crippen molar-refractivity contribution in [1.82, 2.24) is 4.90 Å². The molecule has 1 aromatic carbocycles. The lowest BCUT2D eigenvalue weighted by Gasteiger charge is -2.21. The quantitative estimate of drug-likeness (QED) is 0.496. The van der Waals surface area contributed by atoms with Gasteiger partial charge < -0.3 is 9.64 Å². The minimum absolute atomic E-state index is 0.0718. The Morgan fingerprint density at radius 1 is 1.08 bits per heavy atom. The normalized spacial score (nSPS) is 11.3. The Hall–Kier alpha value is -2.10. The van der Waals surface area contributed by atoms with E-state index in [-0.39, 0.29) is 18.3 Å². The first kappa shape index (κ1) is 20.9. The van der Waals surface area contributed by atoms with Gasteiger partial charge >= 0.3 is 5.97 Å². The van der Waals surface area contributed by atoms with Crippen LogP contribution in [-0.2, 0) is 14.3 Å². The van der Waals surface area contributed by atoms with Crippen LogP contribution in [0.1, 0.15) is 57.6 Å². The molecule has 0 saturated heterocycles. The summed E-state index contributed by atoms with van der Waals surface area (Å²) in [5.74, 6) is 0.624. The van der Waals surface area contributed by atoms with Crippen LogP contribution in [0.3, 0.4) is 0 Å². The van der Waals surface area contributed by atoms with E-state index in [1.54, 1.807) is 11.0 Å². The zero-order valence-corrected chi connectivity index (χ0v) is 16.1. The molecule has 1 aromatic rings. The molecule has 0 aromatic heterocycles. The summed E-state index contributed by atoms with van der Waals surface area (Å²) in [6, 6.07) is 8.21. The third-order valence-electron chi connectivity index (χ3n) is 4.12. The number of rotatable bonds is 9. The highest BCUT2D eigenvalue weighted by atomic mass is 16.5. The van der Waals surface area contributed by atoms with Gasteiger partial charge in [0.15, 0.2) is 0 Å². The fraction of sp³-hybridized carbons (Fsp3) is 0.524. The molecule has 0 spiro atoms. The minimum Gasteiger partial charge on any atom is -0.469 e. The number of carbonyl (C=O) groups excluding carboxylic acids is 2. The molecular formula is C21H31NO3. The van der Waals surface area contributed by atoms with Crippen LogP contribution < -0.4 is 0 Å². The van der Waals surface area contributed by atoms with Gasteiger partial charge in [-0.2, -0.15) is 0 Å². The number of ether oxygens (including phenoxy) is 1. The molecule has 0 aliphatic carbocycles. The topological polar surface area (TPSA) is 46.6 Å². The molecule has 25 heavy (non-hydrogen) atoms. The molecule has 0 bridgehead atoms. The Labute approximate surface area is 151 Å². The van der Waals surface area contributed by atoms with E-state index in [0.29, 0.717) is 24.9 Å². The van der Waals surface area contributed by atoms with Crippen LogP contribution in [-0.4, -0.2) is 37.0 Å². The van der Waals surface area contributed by atoms with E-state index in [0.717, 1.165) is 12.0 Å². The van der Waals surface area contributed by atoms with Gasteiger partial charge in [0.2, 0.25) is 5.91 Å². The third-order valence-corrected chi connectivity index (χ3v) is 4.12. The Bertz CT molecular complexity index is 573. The first-order valence-electron chi connectivity index (χ1n) is 8.97. The number of nitrogens with zero attached hydrogens (tertiary/aromatic N) is 1. The third kappa shape index (κ3) is 8.01. The van der Waals surface area contributed by atoms with Crippen molar-refractivity contribution in [3.8, 4) is 0 Å². The summed E-state index contributed by atoms with van der Waals surface area (Å²) in [4.78, 5) is 25.6. The summed E-state index contributed by atoms with van der Waals surface area (Å²) in [5, 5.41) is 0. The molecule has 0 radical (unpaired) electrons. The molecule has 0 saturated carbocycles. The van der Waals surface area contributed by atoms with Crippen LogP contribution in [0.25, 0.3) is 6.08 Å². The Morgan fingerprint density at radius 2 is 1.72 bits per heavy atom. The number of benzene rings is 1. The number of amides is 1. The van der Waals surface area contributed by atoms with Crippen LogP contribution in [0, 0.1) is 5.92 Å². The average molecular weight is 345 g/mol. The second kappa shape index (κ2) is 10.7. The Morgan fingerprint density at radius 3 is 2.24 bits per heavy atom. The fourth-order valence-electron chi connectivity index (χ4n) is 2.34. The van der Waals surface area contributed by atoms with E-state index in [1.165, 1.54) is 12.7 Å². The lowest BCUT2D eigenvalue weighted by atomic mass is 10.0. The number of esters is 1. The molecule has 0 heterocycles. The predicted octanol–water partition coefficient (Wildman–Crippen LogP) is 4.26. The van der Waals surface area contributed by atoms with Gasteiger partial charge in [0.25, 0.3) is 0 Å². The monoisotopic (exact) mass is 345 g/mol. The number of hydrogen-bond donors (Lipinski definition) is 0. The number of hydrogen-bond acceptors (Lipinski definition) is 3. The first-order chi connectivity index (χ1) is 11.8. The van der Waals surface area contributed by atoms with Gasteiger partial charge in [0, 0.05) is 19.2 Å². The van der Waals surface area contributed by atoms with Crippen molar-refractivity contribution < 1.29 is 14.3 Å². The molecule has 0 N–H and O–H groups in total. The van der Waals surface area contributed by atoms with Gasteiger partial charge in [-0.05, 0) is 35.5 Å². The van der Waals surface area contributed by atoms with Crippen LogP contribution >= 0.6 is 0 Å². The molecule has 0 unspecified atom stereocenters. The second-order valence-corrected chi connectivity index (χ2v) is 6.99. The smallest absolute Gasteiger partial charge is 0.307 e. The second-order valence-electron chi connectivity index (χ2n) is 6.99. The molecule has 138 valence electrons. The van der Waals surface area contributed by atoms with Crippen LogP contribution in [0.15, 0.2) is 30.3 Å². The maximum atomic E-state index is 12.5. The van der Waals surface area contributed by atoms with Crippen LogP contribution in [0.2, 0.25) is 0 Å². The summed E-state index contributed by atoms with van der Waals surface area (Å²) >= 11 is 0. The molecular weight excluding hydrogens is 314 g/mol. The van der Waals surface area contributed by atoms with Crippen molar-refractivity contribution in [3.05, 3.63) is 41.5 Å². The van der Waals surface area contributed by atoms with Gasteiger partial charge in [-0.25, -0.2) is 0 Å². The minimum atomic E-state index is -0.296. The summed E-state index contributed by atoms with van der Waals surface area (Å²) in [5.41, 5.74) is 2.27. The van der Waals surface area contributed by atoms with E-state index >= 15 is 0 Å². The molecule has 1 rings (SSSR count). The maximum Gasteiger partial charge on any atom is 0.307 e. The van der Waals surface area contributed by atoms with Gasteiger partial charge in [-0.3, -0.25) is 9.59 Å². The van der Waals surface area contributed by atoms with Gasteiger partial charge in [0.05, 0.1) is 13.5 Å². The lowest BCUT2D eigenvalue weighted by Crippen LogP contribution is -2.33. The van der Waals surface area contributed by atoms with Gasteiger partial charge in [0.1, 0.15) is 0 Å². The largest absolute Gasteiger partial charge is 0.469 e. The summed E-state index contributed by atoms with van der Waals surface area (Å²) in [6.45, 7) is 9.58. The van der Waals surface area contributed by atoms with E-state index < -0.39 is 0 Å². The van der Waals surface area contributed by atoms with E-state index in [9.17, 15) is 9.59 Å². The Balaban J connectivity index is 2.72. The zero-order chi connectivity index (χ0) is 18.8. The molecule has 4 nitrogen and oxygen atoms in total. The Kier molecular flexibility index (Phi) is 8.96. The standard InChI is InChI=1S/C21H31NO3/c1-16(2)12-14-22(15-13-21(24)25-5)20(23)11-8-18-6-9-19(10-7-18)17(3)4/h6-11,16-17H,12-15H2,1-5H3/b11-8+. The lowest BCUT2D eigenvalue weighted by molar-refractivity contribution is -0.141. The van der Waals surface area contributed by atoms with Crippen LogP contribution in [0.4, 0.5) is 0 Å².